The van der Waals surface area contributed by atoms with Crippen molar-refractivity contribution in [2.45, 2.75) is 58.3 Å². The van der Waals surface area contributed by atoms with Crippen LogP contribution in [0.2, 0.25) is 0 Å². The molecule has 2 heterocycles. The molecular formula is C19H28N2. The monoisotopic (exact) mass is 284 g/mol. The van der Waals surface area contributed by atoms with Crippen LogP contribution in [0.3, 0.4) is 0 Å². The number of pyridine rings is 1. The highest BCUT2D eigenvalue weighted by Crippen LogP contribution is 2.30. The molecule has 2 heteroatoms. The second-order valence-electron chi connectivity index (χ2n) is 6.27. The van der Waals surface area contributed by atoms with Crippen LogP contribution >= 0.6 is 0 Å². The van der Waals surface area contributed by atoms with E-state index in [9.17, 15) is 0 Å². The number of nitrogens with zero attached hydrogens (tertiary/aromatic N) is 1. The molecule has 114 valence electrons. The number of fused-ring (bicyclic) bond motifs is 3. The summed E-state index contributed by atoms with van der Waals surface area (Å²) < 4.78 is 2.45. The summed E-state index contributed by atoms with van der Waals surface area (Å²) in [5, 5.41) is 3.62. The zero-order chi connectivity index (χ0) is 14.5. The lowest BCUT2D eigenvalue weighted by atomic mass is 9.93. The maximum Gasteiger partial charge on any atom is 0.0488 e. The van der Waals surface area contributed by atoms with Crippen molar-refractivity contribution < 1.29 is 0 Å². The van der Waals surface area contributed by atoms with Crippen molar-refractivity contribution >= 4 is 5.52 Å². The van der Waals surface area contributed by atoms with Crippen molar-refractivity contribution in [1.29, 1.82) is 0 Å². The van der Waals surface area contributed by atoms with E-state index in [4.69, 9.17) is 0 Å². The van der Waals surface area contributed by atoms with Gasteiger partial charge in [-0.1, -0.05) is 25.8 Å². The lowest BCUT2D eigenvalue weighted by Gasteiger charge is -2.13. The van der Waals surface area contributed by atoms with Gasteiger partial charge >= 0.3 is 0 Å². The third kappa shape index (κ3) is 3.16. The van der Waals surface area contributed by atoms with E-state index in [2.05, 4.69) is 41.0 Å². The minimum atomic E-state index is 1.12. The van der Waals surface area contributed by atoms with E-state index in [0.717, 1.165) is 6.54 Å². The molecule has 0 fully saturated rings. The Bertz CT molecular complexity index is 583. The minimum absolute atomic E-state index is 1.12. The Morgan fingerprint density at radius 3 is 2.90 bits per heavy atom. The molecule has 2 aromatic rings. The summed E-state index contributed by atoms with van der Waals surface area (Å²) in [4.78, 5) is 0. The molecule has 0 aromatic carbocycles. The van der Waals surface area contributed by atoms with Crippen LogP contribution in [0.25, 0.3) is 5.52 Å². The number of nitrogens with one attached hydrogen (secondary N) is 1. The molecule has 1 aliphatic rings. The minimum Gasteiger partial charge on any atom is -0.320 e. The van der Waals surface area contributed by atoms with Crippen molar-refractivity contribution in [1.82, 2.24) is 9.72 Å². The second-order valence-corrected chi connectivity index (χ2v) is 6.27. The molecule has 0 aliphatic heterocycles. The van der Waals surface area contributed by atoms with Gasteiger partial charge in [-0.3, -0.25) is 0 Å². The van der Waals surface area contributed by atoms with Gasteiger partial charge in [-0.2, -0.15) is 0 Å². The van der Waals surface area contributed by atoms with E-state index >= 15 is 0 Å². The van der Waals surface area contributed by atoms with Gasteiger partial charge in [0, 0.05) is 17.4 Å². The van der Waals surface area contributed by atoms with Crippen LogP contribution in [-0.2, 0) is 19.3 Å². The van der Waals surface area contributed by atoms with Crippen LogP contribution in [-0.4, -0.2) is 17.5 Å². The molecule has 2 nitrogen and oxygen atoms in total. The zero-order valence-electron chi connectivity index (χ0n) is 13.3. The van der Waals surface area contributed by atoms with E-state index < -0.39 is 0 Å². The smallest absolute Gasteiger partial charge is 0.0488 e. The number of unbranched alkanes of at least 4 members (excludes halogenated alkanes) is 2. The Morgan fingerprint density at radius 2 is 2.00 bits per heavy atom. The first-order valence-corrected chi connectivity index (χ1v) is 8.72. The molecule has 3 rings (SSSR count). The third-order valence-electron chi connectivity index (χ3n) is 4.77. The van der Waals surface area contributed by atoms with Crippen molar-refractivity contribution in [3.05, 3.63) is 41.2 Å². The SMILES string of the molecule is CCCCCNCCc1c2c(n3ccccc13)CCCC2. The highest BCUT2D eigenvalue weighted by Gasteiger charge is 2.19. The number of aromatic nitrogens is 1. The summed E-state index contributed by atoms with van der Waals surface area (Å²) in [6, 6.07) is 6.64. The van der Waals surface area contributed by atoms with Gasteiger partial charge in [-0.05, 0) is 74.9 Å². The van der Waals surface area contributed by atoms with Crippen LogP contribution < -0.4 is 5.32 Å². The summed E-state index contributed by atoms with van der Waals surface area (Å²) in [6.07, 6.45) is 12.6. The molecule has 0 unspecified atom stereocenters. The molecule has 0 saturated carbocycles. The fourth-order valence-electron chi connectivity index (χ4n) is 3.68. The number of rotatable bonds is 7. The fourth-order valence-corrected chi connectivity index (χ4v) is 3.68. The van der Waals surface area contributed by atoms with Crippen LogP contribution in [0, 0.1) is 0 Å². The number of hydrogen-bond acceptors (Lipinski definition) is 1. The normalized spacial score (nSPS) is 14.5. The summed E-state index contributed by atoms with van der Waals surface area (Å²) in [5.41, 5.74) is 6.29. The molecular weight excluding hydrogens is 256 g/mol. The summed E-state index contributed by atoms with van der Waals surface area (Å²) in [7, 11) is 0. The van der Waals surface area contributed by atoms with Gasteiger partial charge in [0.05, 0.1) is 0 Å². The molecule has 2 aromatic heterocycles. The third-order valence-corrected chi connectivity index (χ3v) is 4.77. The first kappa shape index (κ1) is 14.6. The van der Waals surface area contributed by atoms with Gasteiger partial charge in [-0.15, -0.1) is 0 Å². The Morgan fingerprint density at radius 1 is 1.10 bits per heavy atom. The van der Waals surface area contributed by atoms with Crippen molar-refractivity contribution in [3.8, 4) is 0 Å². The first-order chi connectivity index (χ1) is 10.4. The maximum atomic E-state index is 3.62. The number of hydrogen-bond donors (Lipinski definition) is 1. The molecule has 1 aliphatic carbocycles. The second kappa shape index (κ2) is 7.13. The summed E-state index contributed by atoms with van der Waals surface area (Å²) in [5.74, 6) is 0. The van der Waals surface area contributed by atoms with Gasteiger partial charge in [0.2, 0.25) is 0 Å². The van der Waals surface area contributed by atoms with Crippen molar-refractivity contribution in [3.63, 3.8) is 0 Å². The van der Waals surface area contributed by atoms with Crippen molar-refractivity contribution in [2.24, 2.45) is 0 Å². The average Bonchev–Trinajstić information content (AvgIpc) is 2.85. The lowest BCUT2D eigenvalue weighted by molar-refractivity contribution is 0.614. The molecule has 1 N–H and O–H groups in total. The van der Waals surface area contributed by atoms with Gasteiger partial charge in [-0.25, -0.2) is 0 Å². The quantitative estimate of drug-likeness (QED) is 0.756. The van der Waals surface area contributed by atoms with E-state index in [1.165, 1.54) is 63.4 Å². The van der Waals surface area contributed by atoms with E-state index in [1.807, 2.05) is 0 Å². The predicted molar refractivity (Wildman–Crippen MR) is 90.1 cm³/mol. The van der Waals surface area contributed by atoms with Crippen LogP contribution in [0.5, 0.6) is 0 Å². The molecule has 0 spiro atoms. The molecule has 0 radical (unpaired) electrons. The number of aryl methyl sites for hydroxylation is 1. The molecule has 0 amide bonds. The fraction of sp³-hybridized carbons (Fsp3) is 0.579. The lowest BCUT2D eigenvalue weighted by Crippen LogP contribution is -2.19. The zero-order valence-corrected chi connectivity index (χ0v) is 13.3. The van der Waals surface area contributed by atoms with E-state index in [-0.39, 0.29) is 0 Å². The molecule has 0 atom stereocenters. The molecule has 21 heavy (non-hydrogen) atoms. The first-order valence-electron chi connectivity index (χ1n) is 8.72. The van der Waals surface area contributed by atoms with E-state index in [1.54, 1.807) is 16.8 Å². The van der Waals surface area contributed by atoms with Gasteiger partial charge in [0.25, 0.3) is 0 Å². The Hall–Kier alpha value is -1.28. The average molecular weight is 284 g/mol. The largest absolute Gasteiger partial charge is 0.320 e. The maximum absolute atomic E-state index is 3.62. The van der Waals surface area contributed by atoms with E-state index in [0.29, 0.717) is 0 Å². The predicted octanol–water partition coefficient (Wildman–Crippen LogP) is 4.14. The van der Waals surface area contributed by atoms with Gasteiger partial charge in [0.15, 0.2) is 0 Å². The van der Waals surface area contributed by atoms with Gasteiger partial charge < -0.3 is 9.72 Å². The topological polar surface area (TPSA) is 16.4 Å². The molecule has 0 bridgehead atoms. The highest BCUT2D eigenvalue weighted by molar-refractivity contribution is 5.62. The van der Waals surface area contributed by atoms with Crippen LogP contribution in [0.15, 0.2) is 24.4 Å². The molecule has 0 saturated heterocycles. The van der Waals surface area contributed by atoms with Crippen LogP contribution in [0.4, 0.5) is 0 Å². The van der Waals surface area contributed by atoms with Crippen molar-refractivity contribution in [2.75, 3.05) is 13.1 Å². The standard InChI is InChI=1S/C19H28N2/c1-2-3-7-13-20-14-12-17-16-9-4-5-10-18(16)21-15-8-6-11-19(17)21/h6,8,11,15,20H,2-5,7,9-10,12-14H2,1H3. The Labute approximate surface area is 128 Å². The summed E-state index contributed by atoms with van der Waals surface area (Å²) in [6.45, 7) is 4.55. The van der Waals surface area contributed by atoms with Crippen LogP contribution in [0.1, 0.15) is 55.8 Å². The highest BCUT2D eigenvalue weighted by atomic mass is 14.9. The summed E-state index contributed by atoms with van der Waals surface area (Å²) >= 11 is 0. The Kier molecular flexibility index (Phi) is 4.97. The Balaban J connectivity index is 1.72. The van der Waals surface area contributed by atoms with Gasteiger partial charge in [0.1, 0.15) is 0 Å².